The minimum absolute atomic E-state index is 0.0747. The first-order valence-corrected chi connectivity index (χ1v) is 9.35. The number of carboxylic acid groups (broad SMARTS) is 4. The maximum atomic E-state index is 12.1. The van der Waals surface area contributed by atoms with E-state index in [0.717, 1.165) is 6.07 Å². The zero-order valence-electron chi connectivity index (χ0n) is 16.0. The molecule has 0 aliphatic carbocycles. The van der Waals surface area contributed by atoms with Crippen LogP contribution in [0.1, 0.15) is 41.4 Å². The first-order chi connectivity index (χ1) is 15.2. The van der Waals surface area contributed by atoms with Gasteiger partial charge in [0.2, 0.25) is 0 Å². The lowest BCUT2D eigenvalue weighted by molar-refractivity contribution is 0.0683. The molecule has 0 atom stereocenters. The van der Waals surface area contributed by atoms with Crippen LogP contribution < -0.4 is 0 Å². The van der Waals surface area contributed by atoms with Crippen LogP contribution >= 0.6 is 0 Å². The van der Waals surface area contributed by atoms with Gasteiger partial charge < -0.3 is 20.4 Å². The molecule has 0 amide bonds. The summed E-state index contributed by atoms with van der Waals surface area (Å²) in [6.45, 7) is 0. The highest BCUT2D eigenvalue weighted by Gasteiger charge is 2.26. The van der Waals surface area contributed by atoms with Gasteiger partial charge in [0, 0.05) is 10.8 Å². The second kappa shape index (κ2) is 6.39. The van der Waals surface area contributed by atoms with E-state index in [9.17, 15) is 39.6 Å². The second-order valence-electron chi connectivity index (χ2n) is 7.41. The van der Waals surface area contributed by atoms with Crippen molar-refractivity contribution in [3.63, 3.8) is 0 Å². The van der Waals surface area contributed by atoms with E-state index in [1.54, 1.807) is 18.2 Å². The van der Waals surface area contributed by atoms with Gasteiger partial charge in [-0.05, 0) is 56.6 Å². The number of hydrogen-bond acceptors (Lipinski definition) is 4. The summed E-state index contributed by atoms with van der Waals surface area (Å²) >= 11 is 0. The number of rotatable bonds is 4. The molecular formula is C24H12O8. The van der Waals surface area contributed by atoms with Crippen molar-refractivity contribution in [3.05, 3.63) is 70.8 Å². The van der Waals surface area contributed by atoms with Gasteiger partial charge >= 0.3 is 23.9 Å². The molecule has 8 nitrogen and oxygen atoms in total. The number of carboxylic acids is 4. The SMILES string of the molecule is O=C(O)c1cc2cccc3c4c(C(=O)O)cc(C(=O)O)c5ccc(C(=O)O)c(c(c1)c23)c54. The summed E-state index contributed by atoms with van der Waals surface area (Å²) in [6, 6.07) is 11.4. The van der Waals surface area contributed by atoms with Crippen molar-refractivity contribution in [3.8, 4) is 0 Å². The first-order valence-electron chi connectivity index (χ1n) is 9.35. The van der Waals surface area contributed by atoms with Crippen molar-refractivity contribution in [2.75, 3.05) is 0 Å². The van der Waals surface area contributed by atoms with Crippen LogP contribution in [0.15, 0.2) is 48.5 Å². The van der Waals surface area contributed by atoms with E-state index in [1.807, 2.05) is 0 Å². The van der Waals surface area contributed by atoms with Crippen molar-refractivity contribution in [1.82, 2.24) is 0 Å². The first kappa shape index (κ1) is 19.3. The summed E-state index contributed by atoms with van der Waals surface area (Å²) in [5.74, 6) is -5.25. The van der Waals surface area contributed by atoms with Crippen LogP contribution in [0, 0.1) is 0 Å². The summed E-state index contributed by atoms with van der Waals surface area (Å²) in [5.41, 5.74) is -0.825. The average Bonchev–Trinajstić information content (AvgIpc) is 2.75. The molecule has 0 bridgehead atoms. The molecule has 32 heavy (non-hydrogen) atoms. The molecule has 0 saturated carbocycles. The number of carbonyl (C=O) groups is 4. The molecule has 0 aliphatic rings. The van der Waals surface area contributed by atoms with Gasteiger partial charge in [0.15, 0.2) is 0 Å². The second-order valence-corrected chi connectivity index (χ2v) is 7.41. The third kappa shape index (κ3) is 2.43. The largest absolute Gasteiger partial charge is 0.478 e. The highest BCUT2D eigenvalue weighted by atomic mass is 16.4. The summed E-state index contributed by atoms with van der Waals surface area (Å²) in [7, 11) is 0. The Labute approximate surface area is 177 Å². The lowest BCUT2D eigenvalue weighted by Crippen LogP contribution is -2.08. The van der Waals surface area contributed by atoms with Crippen LogP contribution in [0.3, 0.4) is 0 Å². The van der Waals surface area contributed by atoms with Gasteiger partial charge in [-0.1, -0.05) is 24.3 Å². The van der Waals surface area contributed by atoms with Crippen molar-refractivity contribution in [2.45, 2.75) is 0 Å². The van der Waals surface area contributed by atoms with Crippen molar-refractivity contribution in [2.24, 2.45) is 0 Å². The van der Waals surface area contributed by atoms with E-state index in [0.29, 0.717) is 21.5 Å². The molecule has 0 aliphatic heterocycles. The Balaban J connectivity index is 2.26. The lowest BCUT2D eigenvalue weighted by Gasteiger charge is -2.19. The van der Waals surface area contributed by atoms with E-state index in [2.05, 4.69) is 0 Å². The Kier molecular flexibility index (Phi) is 3.84. The Hall–Kier alpha value is -4.72. The maximum Gasteiger partial charge on any atom is 0.336 e. The Morgan fingerprint density at radius 3 is 1.78 bits per heavy atom. The molecule has 0 heterocycles. The minimum Gasteiger partial charge on any atom is -0.478 e. The molecule has 4 N–H and O–H groups in total. The molecule has 5 aromatic rings. The maximum absolute atomic E-state index is 12.1. The summed E-state index contributed by atoms with van der Waals surface area (Å²) < 4.78 is 0. The van der Waals surface area contributed by atoms with E-state index < -0.39 is 23.9 Å². The predicted molar refractivity (Wildman–Crippen MR) is 115 cm³/mol. The molecule has 8 heteroatoms. The van der Waals surface area contributed by atoms with E-state index in [-0.39, 0.29) is 43.8 Å². The van der Waals surface area contributed by atoms with Crippen molar-refractivity contribution < 1.29 is 39.6 Å². The third-order valence-corrected chi connectivity index (χ3v) is 5.76. The van der Waals surface area contributed by atoms with Crippen LogP contribution in [0.2, 0.25) is 0 Å². The fourth-order valence-electron chi connectivity index (χ4n) is 4.56. The normalized spacial score (nSPS) is 11.5. The van der Waals surface area contributed by atoms with Gasteiger partial charge in [0.25, 0.3) is 0 Å². The van der Waals surface area contributed by atoms with E-state index >= 15 is 0 Å². The van der Waals surface area contributed by atoms with E-state index in [4.69, 9.17) is 0 Å². The van der Waals surface area contributed by atoms with Gasteiger partial charge in [-0.3, -0.25) is 0 Å². The topological polar surface area (TPSA) is 149 Å². The number of benzene rings is 5. The molecule has 0 aromatic heterocycles. The molecule has 5 rings (SSSR count). The molecule has 0 fully saturated rings. The highest BCUT2D eigenvalue weighted by Crippen LogP contribution is 2.44. The van der Waals surface area contributed by atoms with Gasteiger partial charge in [-0.15, -0.1) is 0 Å². The standard InChI is InChI=1S/C24H12O8/c25-21(26)10-6-9-2-1-3-12-17(9)15(7-10)19-13(22(27)28)5-4-11-14(23(29)30)8-16(24(31)32)18(12)20(11)19/h1-8H,(H,25,26)(H,27,28)(H,29,30)(H,31,32). The third-order valence-electron chi connectivity index (χ3n) is 5.76. The number of aromatic carboxylic acids is 4. The monoisotopic (exact) mass is 428 g/mol. The van der Waals surface area contributed by atoms with Crippen LogP contribution in [0.5, 0.6) is 0 Å². The van der Waals surface area contributed by atoms with Gasteiger partial charge in [0.1, 0.15) is 0 Å². The van der Waals surface area contributed by atoms with Crippen LogP contribution in [0.25, 0.3) is 43.1 Å². The zero-order chi connectivity index (χ0) is 22.9. The van der Waals surface area contributed by atoms with Crippen molar-refractivity contribution in [1.29, 1.82) is 0 Å². The lowest BCUT2D eigenvalue weighted by atomic mass is 9.83. The zero-order valence-corrected chi connectivity index (χ0v) is 16.0. The fraction of sp³-hybridized carbons (Fsp3) is 0. The number of hydrogen-bond donors (Lipinski definition) is 4. The average molecular weight is 428 g/mol. The van der Waals surface area contributed by atoms with Gasteiger partial charge in [-0.2, -0.15) is 0 Å². The Morgan fingerprint density at radius 1 is 0.500 bits per heavy atom. The molecule has 0 unspecified atom stereocenters. The molecule has 5 aromatic carbocycles. The van der Waals surface area contributed by atoms with Crippen LogP contribution in [-0.2, 0) is 0 Å². The van der Waals surface area contributed by atoms with Crippen LogP contribution in [-0.4, -0.2) is 44.3 Å². The van der Waals surface area contributed by atoms with Crippen molar-refractivity contribution >= 4 is 67.0 Å². The van der Waals surface area contributed by atoms with E-state index in [1.165, 1.54) is 24.3 Å². The molecular weight excluding hydrogens is 416 g/mol. The number of fused-ring (bicyclic) bond motifs is 2. The summed E-state index contributed by atoms with van der Waals surface area (Å²) in [6.07, 6.45) is 0. The van der Waals surface area contributed by atoms with Gasteiger partial charge in [-0.25, -0.2) is 19.2 Å². The van der Waals surface area contributed by atoms with Crippen LogP contribution in [0.4, 0.5) is 0 Å². The Morgan fingerprint density at radius 2 is 1.16 bits per heavy atom. The predicted octanol–water partition coefficient (Wildman–Crippen LogP) is 4.53. The molecule has 0 spiro atoms. The minimum atomic E-state index is -1.36. The molecule has 0 saturated heterocycles. The smallest absolute Gasteiger partial charge is 0.336 e. The summed E-state index contributed by atoms with van der Waals surface area (Å²) in [5, 5.41) is 41.4. The fourth-order valence-corrected chi connectivity index (χ4v) is 4.56. The Bertz CT molecular complexity index is 1680. The quantitative estimate of drug-likeness (QED) is 0.241. The van der Waals surface area contributed by atoms with Gasteiger partial charge in [0.05, 0.1) is 22.3 Å². The molecule has 0 radical (unpaired) electrons. The highest BCUT2D eigenvalue weighted by molar-refractivity contribution is 6.39. The summed E-state index contributed by atoms with van der Waals surface area (Å²) in [4.78, 5) is 47.9. The molecule has 156 valence electrons.